The molecule has 0 unspecified atom stereocenters. The van der Waals surface area contributed by atoms with Crippen molar-refractivity contribution in [2.24, 2.45) is 0 Å². The Bertz CT molecular complexity index is 693. The molecule has 0 saturated carbocycles. The fourth-order valence-corrected chi connectivity index (χ4v) is 3.79. The predicted octanol–water partition coefficient (Wildman–Crippen LogP) is 2.94. The van der Waals surface area contributed by atoms with Gasteiger partial charge in [-0.25, -0.2) is 4.98 Å². The number of hydrogen-bond donors (Lipinski definition) is 2. The number of carbonyl (C=O) groups is 1. The fraction of sp³-hybridized carbons (Fsp3) is 0.412. The van der Waals surface area contributed by atoms with Crippen molar-refractivity contribution < 1.29 is 4.79 Å². The van der Waals surface area contributed by atoms with E-state index in [1.165, 1.54) is 22.5 Å². The van der Waals surface area contributed by atoms with E-state index in [0.717, 1.165) is 47.1 Å². The first-order valence-electron chi connectivity index (χ1n) is 7.73. The first-order valence-corrected chi connectivity index (χ1v) is 8.55. The summed E-state index contributed by atoms with van der Waals surface area (Å²) in [7, 11) is 0. The van der Waals surface area contributed by atoms with E-state index < -0.39 is 0 Å². The molecule has 1 aromatic carbocycles. The van der Waals surface area contributed by atoms with Gasteiger partial charge in [0.05, 0.1) is 10.7 Å². The van der Waals surface area contributed by atoms with Gasteiger partial charge in [-0.2, -0.15) is 0 Å². The van der Waals surface area contributed by atoms with Gasteiger partial charge in [-0.3, -0.25) is 4.79 Å². The summed E-state index contributed by atoms with van der Waals surface area (Å²) in [6.07, 6.45) is 1.99. The Hall–Kier alpha value is -1.72. The Balaban J connectivity index is 1.65. The average molecular weight is 315 g/mol. The van der Waals surface area contributed by atoms with Crippen molar-refractivity contribution in [3.63, 3.8) is 0 Å². The Morgan fingerprint density at radius 2 is 2.18 bits per heavy atom. The molecule has 1 aliphatic heterocycles. The molecule has 5 heteroatoms. The number of fused-ring (bicyclic) bond motifs is 1. The van der Waals surface area contributed by atoms with Crippen LogP contribution in [0.15, 0.2) is 18.2 Å². The van der Waals surface area contributed by atoms with E-state index in [2.05, 4.69) is 40.7 Å². The van der Waals surface area contributed by atoms with Gasteiger partial charge in [-0.15, -0.1) is 11.3 Å². The van der Waals surface area contributed by atoms with Gasteiger partial charge in [0.15, 0.2) is 0 Å². The molecule has 1 aliphatic rings. The van der Waals surface area contributed by atoms with Crippen LogP contribution in [0.1, 0.15) is 50.4 Å². The number of nitrogens with one attached hydrogen (secondary N) is 2. The Kier molecular flexibility index (Phi) is 4.55. The second-order valence-corrected chi connectivity index (χ2v) is 6.75. The van der Waals surface area contributed by atoms with Gasteiger partial charge < -0.3 is 10.6 Å². The van der Waals surface area contributed by atoms with E-state index in [4.69, 9.17) is 0 Å². The number of hydrogen-bond acceptors (Lipinski definition) is 4. The third-order valence-corrected chi connectivity index (χ3v) is 5.08. The first-order chi connectivity index (χ1) is 10.7. The lowest BCUT2D eigenvalue weighted by Gasteiger charge is -2.06. The highest BCUT2D eigenvalue weighted by molar-refractivity contribution is 7.13. The van der Waals surface area contributed by atoms with Gasteiger partial charge in [0.25, 0.3) is 5.91 Å². The Morgan fingerprint density at radius 3 is 3.00 bits per heavy atom. The summed E-state index contributed by atoms with van der Waals surface area (Å²) >= 11 is 1.51. The van der Waals surface area contributed by atoms with E-state index in [1.807, 2.05) is 6.92 Å². The highest BCUT2D eigenvalue weighted by Crippen LogP contribution is 2.20. The van der Waals surface area contributed by atoms with Crippen LogP contribution in [0.2, 0.25) is 0 Å². The van der Waals surface area contributed by atoms with Crippen LogP contribution in [0, 0.1) is 6.92 Å². The van der Waals surface area contributed by atoms with Crippen LogP contribution in [0.3, 0.4) is 0 Å². The summed E-state index contributed by atoms with van der Waals surface area (Å²) < 4.78 is 0. The monoisotopic (exact) mass is 315 g/mol. The van der Waals surface area contributed by atoms with Crippen LogP contribution in [0.5, 0.6) is 0 Å². The van der Waals surface area contributed by atoms with Gasteiger partial charge in [-0.05, 0) is 36.5 Å². The molecule has 0 radical (unpaired) electrons. The predicted molar refractivity (Wildman–Crippen MR) is 89.0 cm³/mol. The summed E-state index contributed by atoms with van der Waals surface area (Å²) in [4.78, 5) is 17.6. The second kappa shape index (κ2) is 6.58. The van der Waals surface area contributed by atoms with Crippen molar-refractivity contribution in [1.82, 2.24) is 15.6 Å². The molecule has 2 aromatic rings. The Morgan fingerprint density at radius 1 is 1.36 bits per heavy atom. The highest BCUT2D eigenvalue weighted by atomic mass is 32.1. The minimum absolute atomic E-state index is 0.0176. The maximum absolute atomic E-state index is 12.3. The van der Waals surface area contributed by atoms with Crippen LogP contribution in [-0.4, -0.2) is 10.9 Å². The summed E-state index contributed by atoms with van der Waals surface area (Å²) in [6, 6.07) is 6.42. The maximum Gasteiger partial charge on any atom is 0.263 e. The number of rotatable bonds is 5. The van der Waals surface area contributed by atoms with Gasteiger partial charge in [0, 0.05) is 19.6 Å². The van der Waals surface area contributed by atoms with Crippen molar-refractivity contribution in [3.05, 3.63) is 50.5 Å². The molecular formula is C17H21N3OS. The van der Waals surface area contributed by atoms with Gasteiger partial charge >= 0.3 is 0 Å². The minimum Gasteiger partial charge on any atom is -0.347 e. The quantitative estimate of drug-likeness (QED) is 0.892. The summed E-state index contributed by atoms with van der Waals surface area (Å²) in [5.74, 6) is -0.0176. The SMILES string of the molecule is CCCc1nc(C)c(C(=O)NCc2ccc3c(c2)CNC3)s1. The van der Waals surface area contributed by atoms with E-state index >= 15 is 0 Å². The Labute approximate surface area is 135 Å². The summed E-state index contributed by atoms with van der Waals surface area (Å²) in [5, 5.41) is 7.40. The summed E-state index contributed by atoms with van der Waals surface area (Å²) in [6.45, 7) is 6.46. The van der Waals surface area contributed by atoms with Crippen molar-refractivity contribution in [1.29, 1.82) is 0 Å². The number of carbonyl (C=O) groups excluding carboxylic acids is 1. The molecule has 0 bridgehead atoms. The largest absolute Gasteiger partial charge is 0.347 e. The molecule has 22 heavy (non-hydrogen) atoms. The molecular weight excluding hydrogens is 294 g/mol. The smallest absolute Gasteiger partial charge is 0.263 e. The molecule has 2 N–H and O–H groups in total. The molecule has 4 nitrogen and oxygen atoms in total. The molecule has 0 spiro atoms. The van der Waals surface area contributed by atoms with Crippen molar-refractivity contribution >= 4 is 17.2 Å². The molecule has 1 amide bonds. The lowest BCUT2D eigenvalue weighted by molar-refractivity contribution is 0.0954. The lowest BCUT2D eigenvalue weighted by atomic mass is 10.1. The zero-order chi connectivity index (χ0) is 15.5. The number of aryl methyl sites for hydroxylation is 2. The standard InChI is InChI=1S/C17H21N3OS/c1-3-4-15-20-11(2)16(22-15)17(21)19-8-12-5-6-13-9-18-10-14(13)7-12/h5-7,18H,3-4,8-10H2,1-2H3,(H,19,21). The number of thiazole rings is 1. The summed E-state index contributed by atoms with van der Waals surface area (Å²) in [5.41, 5.74) is 4.68. The second-order valence-electron chi connectivity index (χ2n) is 5.66. The number of benzene rings is 1. The molecule has 0 atom stereocenters. The topological polar surface area (TPSA) is 54.0 Å². The van der Waals surface area contributed by atoms with Crippen LogP contribution in [0.25, 0.3) is 0 Å². The van der Waals surface area contributed by atoms with E-state index in [9.17, 15) is 4.79 Å². The van der Waals surface area contributed by atoms with Crippen LogP contribution >= 0.6 is 11.3 Å². The van der Waals surface area contributed by atoms with Gasteiger partial charge in [-0.1, -0.05) is 25.1 Å². The minimum atomic E-state index is -0.0176. The first kappa shape index (κ1) is 15.2. The van der Waals surface area contributed by atoms with E-state index in [1.54, 1.807) is 0 Å². The zero-order valence-electron chi connectivity index (χ0n) is 13.0. The zero-order valence-corrected chi connectivity index (χ0v) is 13.8. The lowest BCUT2D eigenvalue weighted by Crippen LogP contribution is -2.22. The maximum atomic E-state index is 12.3. The van der Waals surface area contributed by atoms with Gasteiger partial charge in [0.1, 0.15) is 4.88 Å². The van der Waals surface area contributed by atoms with Crippen molar-refractivity contribution in [3.8, 4) is 0 Å². The normalized spacial score (nSPS) is 13.2. The van der Waals surface area contributed by atoms with Crippen LogP contribution < -0.4 is 10.6 Å². The number of amides is 1. The fourth-order valence-electron chi connectivity index (χ4n) is 2.70. The number of aromatic nitrogens is 1. The molecule has 2 heterocycles. The third kappa shape index (κ3) is 3.20. The molecule has 0 fully saturated rings. The average Bonchev–Trinajstić information content (AvgIpc) is 3.11. The molecule has 116 valence electrons. The number of nitrogens with zero attached hydrogens (tertiary/aromatic N) is 1. The van der Waals surface area contributed by atoms with Crippen molar-refractivity contribution in [2.75, 3.05) is 0 Å². The van der Waals surface area contributed by atoms with Crippen molar-refractivity contribution in [2.45, 2.75) is 46.3 Å². The molecule has 1 aromatic heterocycles. The third-order valence-electron chi connectivity index (χ3n) is 3.87. The van der Waals surface area contributed by atoms with Crippen LogP contribution in [0.4, 0.5) is 0 Å². The van der Waals surface area contributed by atoms with E-state index in [-0.39, 0.29) is 5.91 Å². The highest BCUT2D eigenvalue weighted by Gasteiger charge is 2.15. The van der Waals surface area contributed by atoms with Gasteiger partial charge in [0.2, 0.25) is 0 Å². The van der Waals surface area contributed by atoms with E-state index in [0.29, 0.717) is 6.54 Å². The molecule has 0 aliphatic carbocycles. The molecule has 3 rings (SSSR count). The molecule has 0 saturated heterocycles. The van der Waals surface area contributed by atoms with Crippen LogP contribution in [-0.2, 0) is 26.1 Å².